The van der Waals surface area contributed by atoms with E-state index in [-0.39, 0.29) is 17.6 Å². The molecule has 0 aliphatic rings. The molecule has 0 saturated carbocycles. The summed E-state index contributed by atoms with van der Waals surface area (Å²) in [6, 6.07) is 7.24. The van der Waals surface area contributed by atoms with Crippen LogP contribution in [0.1, 0.15) is 65.7 Å². The van der Waals surface area contributed by atoms with E-state index in [1.165, 1.54) is 45.4 Å². The van der Waals surface area contributed by atoms with E-state index in [9.17, 15) is 9.59 Å². The van der Waals surface area contributed by atoms with Crippen molar-refractivity contribution in [1.29, 1.82) is 0 Å². The van der Waals surface area contributed by atoms with E-state index in [0.29, 0.717) is 5.39 Å². The molecule has 25 heavy (non-hydrogen) atoms. The van der Waals surface area contributed by atoms with Gasteiger partial charge < -0.3 is 9.72 Å². The fraction of sp³-hybridized carbons (Fsp3) is 0.550. The number of rotatable bonds is 8. The van der Waals surface area contributed by atoms with Crippen LogP contribution in [0.3, 0.4) is 0 Å². The summed E-state index contributed by atoms with van der Waals surface area (Å²) in [6.07, 6.45) is 9.89. The van der Waals surface area contributed by atoms with Crippen LogP contribution in [0.15, 0.2) is 35.4 Å². The number of benzene rings is 1. The Labute approximate surface area is 149 Å². The van der Waals surface area contributed by atoms with Gasteiger partial charge in [0.25, 0.3) is 5.56 Å². The van der Waals surface area contributed by atoms with Gasteiger partial charge in [-0.05, 0) is 31.4 Å². The average Bonchev–Trinajstić information content (AvgIpc) is 2.61. The van der Waals surface area contributed by atoms with Crippen molar-refractivity contribution in [2.24, 2.45) is 0 Å². The molecule has 2 rings (SSSR count). The second-order valence-electron chi connectivity index (χ2n) is 6.09. The topological polar surface area (TPSA) is 72.1 Å². The molecule has 1 unspecified atom stereocenters. The molecule has 5 heteroatoms. The Kier molecular flexibility index (Phi) is 10.2. The Morgan fingerprint density at radius 3 is 2.52 bits per heavy atom. The minimum absolute atomic E-state index is 0.0874. The highest BCUT2D eigenvalue weighted by Crippen LogP contribution is 2.11. The highest BCUT2D eigenvalue weighted by atomic mass is 16.5. The first kappa shape index (κ1) is 20.9. The van der Waals surface area contributed by atoms with Crippen LogP contribution in [0.25, 0.3) is 10.9 Å². The van der Waals surface area contributed by atoms with Crippen LogP contribution in [0.4, 0.5) is 0 Å². The number of aromatic amines is 1. The Morgan fingerprint density at radius 2 is 1.88 bits per heavy atom. The summed E-state index contributed by atoms with van der Waals surface area (Å²) >= 11 is 0. The first-order valence-electron chi connectivity index (χ1n) is 9.18. The molecule has 0 amide bonds. The zero-order chi connectivity index (χ0) is 18.5. The standard InChI is InChI=1S/C12H24O2.C8H6N2O/c1-4-6-7-8-9-10-12(5-2)14-11(3)13;11-8-6-3-1-2-4-7(6)9-5-10-8/h12H,4-10H2,1-3H3;1-5H,(H,9,10,11). The molecule has 1 N–H and O–H groups in total. The number of ether oxygens (including phenoxy) is 1. The third kappa shape index (κ3) is 8.47. The molecule has 0 saturated heterocycles. The van der Waals surface area contributed by atoms with Gasteiger partial charge in [0, 0.05) is 6.92 Å². The zero-order valence-corrected chi connectivity index (χ0v) is 15.6. The predicted molar refractivity (Wildman–Crippen MR) is 102 cm³/mol. The van der Waals surface area contributed by atoms with Crippen LogP contribution in [-0.4, -0.2) is 22.0 Å². The first-order chi connectivity index (χ1) is 12.1. The third-order valence-corrected chi connectivity index (χ3v) is 3.97. The van der Waals surface area contributed by atoms with Gasteiger partial charge in [-0.25, -0.2) is 4.98 Å². The Morgan fingerprint density at radius 1 is 1.16 bits per heavy atom. The number of nitrogens with one attached hydrogen (secondary N) is 1. The van der Waals surface area contributed by atoms with Crippen LogP contribution >= 0.6 is 0 Å². The zero-order valence-electron chi connectivity index (χ0n) is 15.6. The van der Waals surface area contributed by atoms with Gasteiger partial charge in [0.15, 0.2) is 0 Å². The van der Waals surface area contributed by atoms with Crippen LogP contribution in [0.2, 0.25) is 0 Å². The fourth-order valence-corrected chi connectivity index (χ4v) is 2.57. The smallest absolute Gasteiger partial charge is 0.302 e. The second kappa shape index (κ2) is 12.2. The maximum absolute atomic E-state index is 11.1. The molecule has 0 radical (unpaired) electrons. The molecule has 5 nitrogen and oxygen atoms in total. The van der Waals surface area contributed by atoms with E-state index in [1.807, 2.05) is 18.2 Å². The highest BCUT2D eigenvalue weighted by Gasteiger charge is 2.08. The number of para-hydroxylation sites is 1. The quantitative estimate of drug-likeness (QED) is 0.559. The molecule has 2 aromatic rings. The normalized spacial score (nSPS) is 11.5. The van der Waals surface area contributed by atoms with E-state index in [1.54, 1.807) is 6.07 Å². The van der Waals surface area contributed by atoms with Gasteiger partial charge in [0.05, 0.1) is 17.2 Å². The first-order valence-corrected chi connectivity index (χ1v) is 9.18. The molecule has 1 aromatic heterocycles. The number of H-pyrrole nitrogens is 1. The van der Waals surface area contributed by atoms with Gasteiger partial charge in [-0.15, -0.1) is 0 Å². The van der Waals surface area contributed by atoms with Crippen LogP contribution < -0.4 is 5.56 Å². The number of hydrogen-bond acceptors (Lipinski definition) is 4. The lowest BCUT2D eigenvalue weighted by Crippen LogP contribution is -2.14. The lowest BCUT2D eigenvalue weighted by molar-refractivity contribution is -0.146. The van der Waals surface area contributed by atoms with Gasteiger partial charge in [0.2, 0.25) is 0 Å². The van der Waals surface area contributed by atoms with Crippen molar-refractivity contribution in [3.63, 3.8) is 0 Å². The summed E-state index contributed by atoms with van der Waals surface area (Å²) in [4.78, 5) is 28.3. The van der Waals surface area contributed by atoms with Gasteiger partial charge in [-0.1, -0.05) is 51.7 Å². The van der Waals surface area contributed by atoms with Crippen LogP contribution in [-0.2, 0) is 9.53 Å². The third-order valence-electron chi connectivity index (χ3n) is 3.97. The number of hydrogen-bond donors (Lipinski definition) is 1. The summed E-state index contributed by atoms with van der Waals surface area (Å²) in [5.41, 5.74) is 0.645. The number of fused-ring (bicyclic) bond motifs is 1. The minimum Gasteiger partial charge on any atom is -0.463 e. The molecular weight excluding hydrogens is 316 g/mol. The maximum Gasteiger partial charge on any atom is 0.302 e. The lowest BCUT2D eigenvalue weighted by atomic mass is 10.1. The largest absolute Gasteiger partial charge is 0.463 e. The van der Waals surface area contributed by atoms with Crippen molar-refractivity contribution in [2.45, 2.75) is 71.8 Å². The van der Waals surface area contributed by atoms with E-state index in [4.69, 9.17) is 4.74 Å². The molecule has 0 bridgehead atoms. The Bertz CT molecular complexity index is 676. The molecule has 1 heterocycles. The molecule has 138 valence electrons. The number of aromatic nitrogens is 2. The molecule has 0 aliphatic heterocycles. The van der Waals surface area contributed by atoms with Crippen molar-refractivity contribution in [2.75, 3.05) is 0 Å². The van der Waals surface area contributed by atoms with E-state index >= 15 is 0 Å². The van der Waals surface area contributed by atoms with Crippen LogP contribution in [0.5, 0.6) is 0 Å². The average molecular weight is 346 g/mol. The highest BCUT2D eigenvalue weighted by molar-refractivity contribution is 5.76. The lowest BCUT2D eigenvalue weighted by Gasteiger charge is -2.14. The summed E-state index contributed by atoms with van der Waals surface area (Å²) < 4.78 is 5.17. The van der Waals surface area contributed by atoms with Gasteiger partial charge in [-0.2, -0.15) is 0 Å². The fourth-order valence-electron chi connectivity index (χ4n) is 2.57. The maximum atomic E-state index is 11.1. The molecule has 0 fully saturated rings. The van der Waals surface area contributed by atoms with Crippen molar-refractivity contribution >= 4 is 16.9 Å². The summed E-state index contributed by atoms with van der Waals surface area (Å²) in [5.74, 6) is -0.148. The number of nitrogens with zero attached hydrogens (tertiary/aromatic N) is 1. The summed E-state index contributed by atoms with van der Waals surface area (Å²) in [5, 5.41) is 0.634. The van der Waals surface area contributed by atoms with Crippen molar-refractivity contribution < 1.29 is 9.53 Å². The molecular formula is C20H30N2O3. The number of unbranched alkanes of at least 4 members (excludes halogenated alkanes) is 4. The summed E-state index contributed by atoms with van der Waals surface area (Å²) in [7, 11) is 0. The molecule has 0 aliphatic carbocycles. The van der Waals surface area contributed by atoms with Crippen molar-refractivity contribution in [3.05, 3.63) is 40.9 Å². The molecule has 1 atom stereocenters. The van der Waals surface area contributed by atoms with E-state index < -0.39 is 0 Å². The van der Waals surface area contributed by atoms with Crippen molar-refractivity contribution in [3.8, 4) is 0 Å². The number of carbonyl (C=O) groups excluding carboxylic acids is 1. The van der Waals surface area contributed by atoms with Gasteiger partial charge in [0.1, 0.15) is 6.10 Å². The number of esters is 1. The second-order valence-corrected chi connectivity index (χ2v) is 6.09. The summed E-state index contributed by atoms with van der Waals surface area (Å²) in [6.45, 7) is 5.77. The molecule has 0 spiro atoms. The number of carbonyl (C=O) groups is 1. The van der Waals surface area contributed by atoms with Crippen molar-refractivity contribution in [1.82, 2.24) is 9.97 Å². The van der Waals surface area contributed by atoms with E-state index in [2.05, 4.69) is 23.8 Å². The van der Waals surface area contributed by atoms with Gasteiger partial charge in [-0.3, -0.25) is 9.59 Å². The minimum atomic E-state index is -0.148. The van der Waals surface area contributed by atoms with E-state index in [0.717, 1.165) is 18.4 Å². The SMILES string of the molecule is CCCCCCCC(CC)OC(C)=O.O=c1[nH]cnc2ccccc12. The Hall–Kier alpha value is -2.17. The molecule has 1 aromatic carbocycles. The Balaban J connectivity index is 0.000000255. The van der Waals surface area contributed by atoms with Gasteiger partial charge >= 0.3 is 5.97 Å². The van der Waals surface area contributed by atoms with Crippen LogP contribution in [0, 0.1) is 0 Å². The monoisotopic (exact) mass is 346 g/mol. The predicted octanol–water partition coefficient (Wildman–Crippen LogP) is 4.61.